The molecule has 0 unspecified atom stereocenters. The molecule has 0 aromatic rings. The fourth-order valence-corrected chi connectivity index (χ4v) is 2.15. The first-order chi connectivity index (χ1) is 8.56. The number of morpholine rings is 1. The van der Waals surface area contributed by atoms with E-state index in [0.29, 0.717) is 6.42 Å². The van der Waals surface area contributed by atoms with E-state index in [1.165, 1.54) is 0 Å². The first-order valence-corrected chi connectivity index (χ1v) is 6.80. The lowest BCUT2D eigenvalue weighted by molar-refractivity contribution is -0.121. The van der Waals surface area contributed by atoms with Gasteiger partial charge < -0.3 is 15.4 Å². The van der Waals surface area contributed by atoms with E-state index in [1.807, 2.05) is 7.05 Å². The monoisotopic (exact) mass is 329 g/mol. The molecule has 1 fully saturated rings. The molecule has 7 heteroatoms. The molecule has 5 nitrogen and oxygen atoms in total. The van der Waals surface area contributed by atoms with E-state index in [9.17, 15) is 4.79 Å². The minimum absolute atomic E-state index is 0. The molecular formula is C13H29Cl2N3O2. The topological polar surface area (TPSA) is 53.6 Å². The predicted octanol–water partition coefficient (Wildman–Crippen LogP) is 1.06. The van der Waals surface area contributed by atoms with E-state index in [0.717, 1.165) is 45.8 Å². The summed E-state index contributed by atoms with van der Waals surface area (Å²) in [6.07, 6.45) is 1.50. The number of hydrogen-bond donors (Lipinski definition) is 2. The van der Waals surface area contributed by atoms with E-state index in [1.54, 1.807) is 0 Å². The first kappa shape index (κ1) is 22.2. The molecule has 2 N–H and O–H groups in total. The summed E-state index contributed by atoms with van der Waals surface area (Å²) in [6.45, 7) is 9.38. The molecule has 1 rings (SSSR count). The Labute approximate surface area is 135 Å². The zero-order valence-electron chi connectivity index (χ0n) is 12.7. The van der Waals surface area contributed by atoms with Crippen LogP contribution in [-0.4, -0.2) is 62.8 Å². The molecule has 0 aromatic carbocycles. The average Bonchev–Trinajstić information content (AvgIpc) is 2.31. The molecule has 1 heterocycles. The summed E-state index contributed by atoms with van der Waals surface area (Å²) in [7, 11) is 1.90. The average molecular weight is 330 g/mol. The van der Waals surface area contributed by atoms with Crippen LogP contribution in [0.15, 0.2) is 0 Å². The van der Waals surface area contributed by atoms with E-state index >= 15 is 0 Å². The third kappa shape index (κ3) is 8.27. The van der Waals surface area contributed by atoms with Crippen LogP contribution in [0, 0.1) is 0 Å². The fraction of sp³-hybridized carbons (Fsp3) is 0.923. The van der Waals surface area contributed by atoms with Crippen molar-refractivity contribution in [1.29, 1.82) is 0 Å². The highest BCUT2D eigenvalue weighted by Gasteiger charge is 2.29. The Balaban J connectivity index is 0. The molecule has 0 bridgehead atoms. The first-order valence-electron chi connectivity index (χ1n) is 6.80. The lowest BCUT2D eigenvalue weighted by Crippen LogP contribution is -2.54. The summed E-state index contributed by atoms with van der Waals surface area (Å²) in [4.78, 5) is 13.9. The fourth-order valence-electron chi connectivity index (χ4n) is 2.15. The summed E-state index contributed by atoms with van der Waals surface area (Å²) in [5.74, 6) is 0.149. The van der Waals surface area contributed by atoms with Crippen LogP contribution in [0.4, 0.5) is 0 Å². The summed E-state index contributed by atoms with van der Waals surface area (Å²) >= 11 is 0. The molecule has 0 aromatic heterocycles. The van der Waals surface area contributed by atoms with Gasteiger partial charge in [-0.3, -0.25) is 9.69 Å². The van der Waals surface area contributed by atoms with Crippen LogP contribution < -0.4 is 10.6 Å². The van der Waals surface area contributed by atoms with E-state index < -0.39 is 0 Å². The molecule has 1 amide bonds. The van der Waals surface area contributed by atoms with E-state index in [-0.39, 0.29) is 36.3 Å². The van der Waals surface area contributed by atoms with Gasteiger partial charge in [-0.15, -0.1) is 24.8 Å². The minimum Gasteiger partial charge on any atom is -0.378 e. The minimum atomic E-state index is 0. The van der Waals surface area contributed by atoms with Crippen molar-refractivity contribution in [3.63, 3.8) is 0 Å². The highest BCUT2D eigenvalue weighted by atomic mass is 35.5. The second-order valence-electron chi connectivity index (χ2n) is 5.41. The molecule has 0 radical (unpaired) electrons. The van der Waals surface area contributed by atoms with Gasteiger partial charge in [-0.25, -0.2) is 0 Å². The molecule has 0 saturated carbocycles. The quantitative estimate of drug-likeness (QED) is 0.686. The second kappa shape index (κ2) is 11.6. The van der Waals surface area contributed by atoms with Crippen LogP contribution in [0.5, 0.6) is 0 Å². The van der Waals surface area contributed by atoms with E-state index in [4.69, 9.17) is 4.74 Å². The number of carbonyl (C=O) groups excluding carboxylic acids is 1. The van der Waals surface area contributed by atoms with Crippen LogP contribution in [0.1, 0.15) is 26.7 Å². The third-order valence-electron chi connectivity index (χ3n) is 3.35. The van der Waals surface area contributed by atoms with Crippen molar-refractivity contribution in [2.45, 2.75) is 32.2 Å². The molecule has 1 aliphatic heterocycles. The smallest absolute Gasteiger partial charge is 0.220 e. The Morgan fingerprint density at radius 1 is 1.30 bits per heavy atom. The maximum atomic E-state index is 11.5. The van der Waals surface area contributed by atoms with Gasteiger partial charge in [-0.05, 0) is 33.9 Å². The molecule has 1 aliphatic rings. The van der Waals surface area contributed by atoms with Crippen molar-refractivity contribution >= 4 is 30.7 Å². The van der Waals surface area contributed by atoms with Crippen LogP contribution in [0.2, 0.25) is 0 Å². The number of ether oxygens (including phenoxy) is 1. The third-order valence-corrected chi connectivity index (χ3v) is 3.35. The van der Waals surface area contributed by atoms with Gasteiger partial charge in [-0.2, -0.15) is 0 Å². The lowest BCUT2D eigenvalue weighted by atomic mass is 10.0. The zero-order valence-corrected chi connectivity index (χ0v) is 14.4. The van der Waals surface area contributed by atoms with Gasteiger partial charge in [0.1, 0.15) is 0 Å². The van der Waals surface area contributed by atoms with Crippen LogP contribution in [0.25, 0.3) is 0 Å². The molecular weight excluding hydrogens is 301 g/mol. The normalized spacial score (nSPS) is 17.8. The molecule has 1 saturated heterocycles. The highest BCUT2D eigenvalue weighted by molar-refractivity contribution is 5.85. The maximum Gasteiger partial charge on any atom is 0.220 e. The maximum absolute atomic E-state index is 11.5. The van der Waals surface area contributed by atoms with Crippen molar-refractivity contribution < 1.29 is 9.53 Å². The Hall–Kier alpha value is -0.0700. The number of nitrogens with one attached hydrogen (secondary N) is 2. The van der Waals surface area contributed by atoms with Crippen molar-refractivity contribution in [3.8, 4) is 0 Å². The van der Waals surface area contributed by atoms with Crippen LogP contribution in [0.3, 0.4) is 0 Å². The van der Waals surface area contributed by atoms with Crippen molar-refractivity contribution in [3.05, 3.63) is 0 Å². The summed E-state index contributed by atoms with van der Waals surface area (Å²) in [6, 6.07) is 0. The number of hydrogen-bond acceptors (Lipinski definition) is 4. The van der Waals surface area contributed by atoms with Gasteiger partial charge in [0.2, 0.25) is 5.91 Å². The van der Waals surface area contributed by atoms with E-state index in [2.05, 4.69) is 29.4 Å². The second-order valence-corrected chi connectivity index (χ2v) is 5.41. The standard InChI is InChI=1S/C13H27N3O2.2ClH/c1-13(2)11-18-10-9-16(13)8-7-15-12(17)5-4-6-14-3;;/h14H,4-11H2,1-3H3,(H,15,17);2*1H. The zero-order chi connectivity index (χ0) is 13.4. The number of amides is 1. The predicted molar refractivity (Wildman–Crippen MR) is 87.1 cm³/mol. The molecule has 0 spiro atoms. The highest BCUT2D eigenvalue weighted by Crippen LogP contribution is 2.17. The van der Waals surface area contributed by atoms with Gasteiger partial charge in [0, 0.05) is 31.6 Å². The largest absolute Gasteiger partial charge is 0.378 e. The lowest BCUT2D eigenvalue weighted by Gasteiger charge is -2.42. The summed E-state index contributed by atoms with van der Waals surface area (Å²) < 4.78 is 5.47. The Morgan fingerprint density at radius 2 is 2.00 bits per heavy atom. The van der Waals surface area contributed by atoms with Gasteiger partial charge in [-0.1, -0.05) is 0 Å². The SMILES string of the molecule is CNCCCC(=O)NCCN1CCOCC1(C)C.Cl.Cl. The Morgan fingerprint density at radius 3 is 2.60 bits per heavy atom. The van der Waals surface area contributed by atoms with Crippen LogP contribution >= 0.6 is 24.8 Å². The Bertz CT molecular complexity index is 266. The number of rotatable bonds is 7. The van der Waals surface area contributed by atoms with Gasteiger partial charge in [0.05, 0.1) is 13.2 Å². The Kier molecular flexibility index (Phi) is 12.9. The number of halogens is 2. The molecule has 122 valence electrons. The van der Waals surface area contributed by atoms with Gasteiger partial charge in [0.15, 0.2) is 0 Å². The van der Waals surface area contributed by atoms with Crippen molar-refractivity contribution in [2.75, 3.05) is 46.4 Å². The molecule has 0 atom stereocenters. The molecule has 0 aliphatic carbocycles. The molecule has 20 heavy (non-hydrogen) atoms. The van der Waals surface area contributed by atoms with Crippen molar-refractivity contribution in [1.82, 2.24) is 15.5 Å². The number of carbonyl (C=O) groups is 1. The summed E-state index contributed by atoms with van der Waals surface area (Å²) in [5, 5.41) is 6.02. The summed E-state index contributed by atoms with van der Waals surface area (Å²) in [5.41, 5.74) is 0.0785. The number of nitrogens with zero attached hydrogens (tertiary/aromatic N) is 1. The van der Waals surface area contributed by atoms with Gasteiger partial charge in [0.25, 0.3) is 0 Å². The van der Waals surface area contributed by atoms with Crippen LogP contribution in [-0.2, 0) is 9.53 Å². The van der Waals surface area contributed by atoms with Crippen molar-refractivity contribution in [2.24, 2.45) is 0 Å². The van der Waals surface area contributed by atoms with Gasteiger partial charge >= 0.3 is 0 Å².